The van der Waals surface area contributed by atoms with Crippen LogP contribution in [-0.4, -0.2) is 21.1 Å². The maximum Gasteiger partial charge on any atom is 0.137 e. The minimum absolute atomic E-state index is 0. The van der Waals surface area contributed by atoms with Gasteiger partial charge in [-0.3, -0.25) is 9.59 Å². The van der Waals surface area contributed by atoms with E-state index in [4.69, 9.17) is 0 Å². The summed E-state index contributed by atoms with van der Waals surface area (Å²) in [6.07, 6.45) is 18.2. The summed E-state index contributed by atoms with van der Waals surface area (Å²) in [5.41, 5.74) is 19.5. The van der Waals surface area contributed by atoms with Crippen LogP contribution in [0, 0.1) is 6.07 Å². The number of para-hydroxylation sites is 1. The summed E-state index contributed by atoms with van der Waals surface area (Å²) in [6.45, 7) is 5.10. The van der Waals surface area contributed by atoms with E-state index in [9.17, 15) is 9.59 Å². The van der Waals surface area contributed by atoms with Gasteiger partial charge in [-0.1, -0.05) is 180 Å². The van der Waals surface area contributed by atoms with Crippen LogP contribution < -0.4 is 0 Å². The molecule has 0 saturated heterocycles. The van der Waals surface area contributed by atoms with E-state index in [1.165, 1.54) is 168 Å². The third-order valence-electron chi connectivity index (χ3n) is 14.2. The van der Waals surface area contributed by atoms with Gasteiger partial charge in [0, 0.05) is 48.7 Å². The van der Waals surface area contributed by atoms with Crippen LogP contribution in [0.15, 0.2) is 176 Å². The Morgan fingerprint density at radius 1 is 0.528 bits per heavy atom. The molecule has 0 bridgehead atoms. The normalized spacial score (nSPS) is 12.5. The first-order valence-electron chi connectivity index (χ1n) is 26.2. The number of rotatable bonds is 20. The average Bonchev–Trinajstić information content (AvgIpc) is 3.91. The van der Waals surface area contributed by atoms with E-state index in [0.717, 1.165) is 24.1 Å². The van der Waals surface area contributed by atoms with Crippen molar-refractivity contribution in [2.24, 2.45) is 0 Å². The molecule has 0 N–H and O–H groups in total. The summed E-state index contributed by atoms with van der Waals surface area (Å²) in [7, 11) is 0. The van der Waals surface area contributed by atoms with Crippen LogP contribution in [0.3, 0.4) is 0 Å². The Hall–Kier alpha value is -6.52. The Morgan fingerprint density at radius 2 is 1.11 bits per heavy atom. The first-order valence-corrected chi connectivity index (χ1v) is 26.2. The van der Waals surface area contributed by atoms with Crippen molar-refractivity contribution in [2.45, 2.75) is 117 Å². The van der Waals surface area contributed by atoms with E-state index in [0.29, 0.717) is 0 Å². The zero-order valence-electron chi connectivity index (χ0n) is 42.3. The monoisotopic (exact) mass is 1120 g/mol. The first kappa shape index (κ1) is 51.8. The largest absolute Gasteiger partial charge is 0.309 e. The number of pyridine rings is 1. The van der Waals surface area contributed by atoms with E-state index in [2.05, 4.69) is 174 Å². The molecule has 72 heavy (non-hydrogen) atoms. The van der Waals surface area contributed by atoms with Crippen molar-refractivity contribution >= 4 is 33.4 Å². The van der Waals surface area contributed by atoms with Crippen LogP contribution in [0.4, 0.5) is 0 Å². The fourth-order valence-corrected chi connectivity index (χ4v) is 10.7. The second-order valence-corrected chi connectivity index (χ2v) is 19.7. The molecule has 0 saturated carbocycles. The molecule has 1 radical (unpaired) electrons. The SMILES string of the molecule is CC(=O)CC(C)=O.CCCCCCCCc1ccc2c(c1)-c1ccccc1C2c1ccc(-c2ccc(-n3c4ccccc4c4cc(CCCCCCc5c[c-]c(-c6ccccn6)cc5)ccc43)cc2)cc1.[Ir]. The summed E-state index contributed by atoms with van der Waals surface area (Å²) < 4.78 is 2.44. The summed E-state index contributed by atoms with van der Waals surface area (Å²) in [5.74, 6) is 0.138. The Morgan fingerprint density at radius 3 is 1.78 bits per heavy atom. The van der Waals surface area contributed by atoms with Crippen molar-refractivity contribution in [1.82, 2.24) is 9.55 Å². The van der Waals surface area contributed by atoms with Gasteiger partial charge in [0.05, 0.1) is 17.5 Å². The number of carbonyl (C=O) groups is 2. The third-order valence-corrected chi connectivity index (χ3v) is 14.2. The topological polar surface area (TPSA) is 52.0 Å². The van der Waals surface area contributed by atoms with Crippen LogP contribution in [0.2, 0.25) is 0 Å². The summed E-state index contributed by atoms with van der Waals surface area (Å²) in [4.78, 5) is 24.5. The maximum atomic E-state index is 10.0. The second-order valence-electron chi connectivity index (χ2n) is 19.7. The number of fused-ring (bicyclic) bond motifs is 6. The van der Waals surface area contributed by atoms with Gasteiger partial charge in [0.2, 0.25) is 0 Å². The molecule has 0 amide bonds. The predicted octanol–water partition coefficient (Wildman–Crippen LogP) is 17.3. The minimum Gasteiger partial charge on any atom is -0.309 e. The van der Waals surface area contributed by atoms with Crippen LogP contribution in [0.5, 0.6) is 0 Å². The number of Topliss-reactive ketones (excluding diaryl/α,β-unsaturated/α-hetero) is 2. The molecule has 2 aromatic heterocycles. The van der Waals surface area contributed by atoms with Crippen LogP contribution in [0.25, 0.3) is 61.0 Å². The molecule has 0 aliphatic heterocycles. The second kappa shape index (κ2) is 25.2. The zero-order chi connectivity index (χ0) is 48.9. The molecule has 2 heterocycles. The molecule has 10 rings (SSSR count). The van der Waals surface area contributed by atoms with E-state index >= 15 is 0 Å². The molecule has 7 aromatic carbocycles. The standard InChI is InChI=1S/C62H59N2.C5H8O2.Ir/c1-2-3-4-5-6-10-19-46-28-40-56-57(43-46)53-21-12-13-23-55(53)62(56)51-34-32-48(33-35-51)49-36-38-52(39-37-49)64-60-25-15-14-22-54(60)58-44-47(29-41-61(58)64)20-11-8-7-9-18-45-26-30-50(31-27-45)59-24-16-17-42-63-59;1-4(6)3-5(2)7;/h12-17,21-30,32-44,62H,2-11,18-20H2,1H3;3H2,1-2H3;/q-1;;. The molecule has 0 fully saturated rings. The molecular weight excluding hydrogens is 1060 g/mol. The summed E-state index contributed by atoms with van der Waals surface area (Å²) in [6, 6.07) is 66.9. The van der Waals surface area contributed by atoms with Gasteiger partial charge < -0.3 is 9.55 Å². The van der Waals surface area contributed by atoms with Crippen LogP contribution in [-0.2, 0) is 49.0 Å². The van der Waals surface area contributed by atoms with Crippen molar-refractivity contribution < 1.29 is 29.7 Å². The van der Waals surface area contributed by atoms with Crippen molar-refractivity contribution in [3.05, 3.63) is 216 Å². The Kier molecular flexibility index (Phi) is 18.2. The molecule has 1 aliphatic rings. The Bertz CT molecular complexity index is 3190. The van der Waals surface area contributed by atoms with Crippen LogP contribution >= 0.6 is 0 Å². The number of hydrogen-bond acceptors (Lipinski definition) is 3. The van der Waals surface area contributed by atoms with E-state index in [-0.39, 0.29) is 44.0 Å². The third kappa shape index (κ3) is 12.6. The van der Waals surface area contributed by atoms with E-state index < -0.39 is 0 Å². The first-order chi connectivity index (χ1) is 34.8. The number of nitrogens with zero attached hydrogens (tertiary/aromatic N) is 2. The van der Waals surface area contributed by atoms with Gasteiger partial charge in [0.15, 0.2) is 0 Å². The van der Waals surface area contributed by atoms with Gasteiger partial charge >= 0.3 is 0 Å². The number of carbonyl (C=O) groups excluding carboxylic acids is 2. The number of ketones is 2. The van der Waals surface area contributed by atoms with Crippen molar-refractivity contribution in [3.63, 3.8) is 0 Å². The van der Waals surface area contributed by atoms with Crippen molar-refractivity contribution in [3.8, 4) is 39.2 Å². The minimum atomic E-state index is -0.0625. The average molecular weight is 1120 g/mol. The fourth-order valence-electron chi connectivity index (χ4n) is 10.7. The molecule has 1 atom stereocenters. The van der Waals surface area contributed by atoms with Gasteiger partial charge in [-0.05, 0) is 132 Å². The molecule has 367 valence electrons. The molecule has 0 spiro atoms. The maximum absolute atomic E-state index is 10.0. The quantitative estimate of drug-likeness (QED) is 0.0434. The molecule has 1 aliphatic carbocycles. The summed E-state index contributed by atoms with van der Waals surface area (Å²) >= 11 is 0. The number of unbranched alkanes of at least 4 members (excludes halogenated alkanes) is 8. The number of aryl methyl sites for hydroxylation is 3. The molecule has 9 aromatic rings. The molecule has 1 unspecified atom stereocenters. The van der Waals surface area contributed by atoms with Gasteiger partial charge in [-0.15, -0.1) is 35.4 Å². The number of aromatic nitrogens is 2. The van der Waals surface area contributed by atoms with Gasteiger partial charge in [0.1, 0.15) is 11.6 Å². The van der Waals surface area contributed by atoms with Gasteiger partial charge in [-0.25, -0.2) is 0 Å². The zero-order valence-corrected chi connectivity index (χ0v) is 44.7. The van der Waals surface area contributed by atoms with Gasteiger partial charge in [0.25, 0.3) is 0 Å². The Balaban J connectivity index is 0.000000809. The smallest absolute Gasteiger partial charge is 0.137 e. The van der Waals surface area contributed by atoms with E-state index in [1.54, 1.807) is 0 Å². The van der Waals surface area contributed by atoms with Crippen LogP contribution in [0.1, 0.15) is 131 Å². The predicted molar refractivity (Wildman–Crippen MR) is 296 cm³/mol. The summed E-state index contributed by atoms with van der Waals surface area (Å²) in [5, 5.41) is 2.65. The van der Waals surface area contributed by atoms with Crippen molar-refractivity contribution in [2.75, 3.05) is 0 Å². The van der Waals surface area contributed by atoms with Gasteiger partial charge in [-0.2, -0.15) is 0 Å². The Labute approximate surface area is 441 Å². The number of hydrogen-bond donors (Lipinski definition) is 0. The molecule has 4 nitrogen and oxygen atoms in total. The molecule has 5 heteroatoms. The molecular formula is C67H67IrN2O2-. The van der Waals surface area contributed by atoms with Crippen molar-refractivity contribution in [1.29, 1.82) is 0 Å². The van der Waals surface area contributed by atoms with E-state index in [1.807, 2.05) is 24.4 Å². The fraction of sp³-hybridized carbons (Fsp3) is 0.269. The number of benzene rings is 7.